The Labute approximate surface area is 229 Å². The largest absolute Gasteiger partial charge is 0.489 e. The first kappa shape index (κ1) is 27.3. The Hall–Kier alpha value is -3.27. The molecule has 0 saturated carbocycles. The molecule has 2 fully saturated rings. The van der Waals surface area contributed by atoms with E-state index in [9.17, 15) is 14.4 Å². The van der Waals surface area contributed by atoms with Crippen molar-refractivity contribution in [1.82, 2.24) is 15.1 Å². The molecule has 208 valence electrons. The second-order valence-corrected chi connectivity index (χ2v) is 10.6. The van der Waals surface area contributed by atoms with E-state index in [1.54, 1.807) is 24.1 Å². The first-order chi connectivity index (χ1) is 19.0. The summed E-state index contributed by atoms with van der Waals surface area (Å²) in [4.78, 5) is 40.9. The number of nitrogens with zero attached hydrogens (tertiary/aromatic N) is 2. The molecule has 0 spiro atoms. The van der Waals surface area contributed by atoms with Gasteiger partial charge in [-0.25, -0.2) is 0 Å². The summed E-state index contributed by atoms with van der Waals surface area (Å²) >= 11 is 0. The second kappa shape index (κ2) is 12.7. The van der Waals surface area contributed by atoms with Gasteiger partial charge in [0.1, 0.15) is 18.4 Å². The van der Waals surface area contributed by atoms with Gasteiger partial charge in [0.15, 0.2) is 0 Å². The van der Waals surface area contributed by atoms with Crippen LogP contribution in [0.25, 0.3) is 0 Å². The van der Waals surface area contributed by atoms with Crippen molar-refractivity contribution >= 4 is 17.7 Å². The number of hydrogen-bond donors (Lipinski definition) is 1. The lowest BCUT2D eigenvalue weighted by Gasteiger charge is -2.31. The Balaban J connectivity index is 1.11. The number of carbonyl (C=O) groups is 3. The topological polar surface area (TPSA) is 97.4 Å². The number of hydrogen-bond acceptors (Lipinski definition) is 7. The minimum atomic E-state index is -0.636. The summed E-state index contributed by atoms with van der Waals surface area (Å²) in [7, 11) is 1.69. The van der Waals surface area contributed by atoms with Crippen LogP contribution in [0.2, 0.25) is 0 Å². The molecule has 2 aromatic rings. The molecule has 2 saturated heterocycles. The van der Waals surface area contributed by atoms with Gasteiger partial charge in [0.2, 0.25) is 11.8 Å². The van der Waals surface area contributed by atoms with Gasteiger partial charge in [0.05, 0.1) is 19.8 Å². The van der Waals surface area contributed by atoms with Crippen LogP contribution < -0.4 is 10.1 Å². The number of nitrogens with one attached hydrogen (secondary N) is 1. The van der Waals surface area contributed by atoms with Gasteiger partial charge >= 0.3 is 0 Å². The number of methoxy groups -OCH3 is 1. The Kier molecular flexibility index (Phi) is 8.91. The molecule has 3 heterocycles. The van der Waals surface area contributed by atoms with E-state index in [0.29, 0.717) is 50.0 Å². The Bertz CT molecular complexity index is 1180. The van der Waals surface area contributed by atoms with Crippen molar-refractivity contribution in [2.45, 2.75) is 51.4 Å². The fourth-order valence-corrected chi connectivity index (χ4v) is 5.56. The molecule has 39 heavy (non-hydrogen) atoms. The van der Waals surface area contributed by atoms with Crippen molar-refractivity contribution < 1.29 is 28.6 Å². The van der Waals surface area contributed by atoms with Crippen molar-refractivity contribution in [1.29, 1.82) is 0 Å². The van der Waals surface area contributed by atoms with E-state index < -0.39 is 11.9 Å². The molecule has 3 aliphatic rings. The van der Waals surface area contributed by atoms with Gasteiger partial charge in [-0.15, -0.1) is 0 Å². The molecule has 0 radical (unpaired) electrons. The van der Waals surface area contributed by atoms with E-state index in [-0.39, 0.29) is 18.2 Å². The highest BCUT2D eigenvalue weighted by atomic mass is 16.5. The van der Waals surface area contributed by atoms with Crippen LogP contribution in [0.3, 0.4) is 0 Å². The molecule has 3 amide bonds. The summed E-state index contributed by atoms with van der Waals surface area (Å²) in [5.74, 6) is 0.375. The summed E-state index contributed by atoms with van der Waals surface area (Å²) in [6.07, 6.45) is 2.89. The van der Waals surface area contributed by atoms with Crippen LogP contribution in [-0.4, -0.2) is 73.6 Å². The van der Waals surface area contributed by atoms with Crippen LogP contribution in [0.4, 0.5) is 0 Å². The van der Waals surface area contributed by atoms with Crippen molar-refractivity contribution in [3.8, 4) is 5.75 Å². The summed E-state index contributed by atoms with van der Waals surface area (Å²) < 4.78 is 16.9. The lowest BCUT2D eigenvalue weighted by Crippen LogP contribution is -2.52. The molecular formula is C30H37N3O6. The maximum absolute atomic E-state index is 13.0. The highest BCUT2D eigenvalue weighted by Gasteiger charge is 2.40. The summed E-state index contributed by atoms with van der Waals surface area (Å²) in [5.41, 5.74) is 3.67. The highest BCUT2D eigenvalue weighted by Crippen LogP contribution is 2.34. The summed E-state index contributed by atoms with van der Waals surface area (Å²) in [6, 6.07) is 13.3. The molecule has 0 bridgehead atoms. The molecule has 0 aromatic heterocycles. The third-order valence-electron chi connectivity index (χ3n) is 7.86. The van der Waals surface area contributed by atoms with Crippen LogP contribution >= 0.6 is 0 Å². The van der Waals surface area contributed by atoms with Gasteiger partial charge in [-0.3, -0.25) is 24.6 Å². The zero-order chi connectivity index (χ0) is 27.2. The number of imide groups is 1. The summed E-state index contributed by atoms with van der Waals surface area (Å²) in [6.45, 7) is 5.91. The van der Waals surface area contributed by atoms with Gasteiger partial charge in [0, 0.05) is 37.8 Å². The maximum atomic E-state index is 13.0. The molecule has 0 aliphatic carbocycles. The minimum Gasteiger partial charge on any atom is -0.489 e. The number of amides is 3. The van der Waals surface area contributed by atoms with E-state index in [1.807, 2.05) is 6.07 Å². The SMILES string of the molecule is COCCOCC1CCN(Cc2ccc(COc3cccc4c3CN([C@H]3CCC(=O)NC3=O)C4=O)cc2)CC1. The number of carbonyl (C=O) groups excluding carboxylic acids is 3. The highest BCUT2D eigenvalue weighted by molar-refractivity contribution is 6.05. The van der Waals surface area contributed by atoms with Gasteiger partial charge in [-0.2, -0.15) is 0 Å². The van der Waals surface area contributed by atoms with Gasteiger partial charge in [-0.05, 0) is 61.5 Å². The third-order valence-corrected chi connectivity index (χ3v) is 7.86. The zero-order valence-corrected chi connectivity index (χ0v) is 22.5. The molecule has 5 rings (SSSR count). The van der Waals surface area contributed by atoms with E-state index in [4.69, 9.17) is 14.2 Å². The molecule has 1 atom stereocenters. The van der Waals surface area contributed by atoms with Crippen LogP contribution in [-0.2, 0) is 38.8 Å². The number of benzene rings is 2. The molecule has 1 N–H and O–H groups in total. The van der Waals surface area contributed by atoms with E-state index in [0.717, 1.165) is 50.2 Å². The van der Waals surface area contributed by atoms with Crippen LogP contribution in [0.15, 0.2) is 42.5 Å². The van der Waals surface area contributed by atoms with E-state index in [2.05, 4.69) is 34.5 Å². The van der Waals surface area contributed by atoms with Crippen LogP contribution in [0, 0.1) is 5.92 Å². The first-order valence-electron chi connectivity index (χ1n) is 13.8. The normalized spacial score (nSPS) is 20.3. The number of likely N-dealkylation sites (tertiary alicyclic amines) is 1. The molecule has 2 aromatic carbocycles. The average Bonchev–Trinajstić information content (AvgIpc) is 3.28. The lowest BCUT2D eigenvalue weighted by atomic mass is 9.97. The van der Waals surface area contributed by atoms with Crippen molar-refractivity contribution in [2.24, 2.45) is 5.92 Å². The van der Waals surface area contributed by atoms with E-state index >= 15 is 0 Å². The quantitative estimate of drug-likeness (QED) is 0.349. The molecule has 9 nitrogen and oxygen atoms in total. The zero-order valence-electron chi connectivity index (χ0n) is 22.5. The van der Waals surface area contributed by atoms with Crippen LogP contribution in [0.1, 0.15) is 52.7 Å². The van der Waals surface area contributed by atoms with Gasteiger partial charge in [0.25, 0.3) is 5.91 Å². The Morgan fingerprint density at radius 1 is 0.949 bits per heavy atom. The number of fused-ring (bicyclic) bond motifs is 1. The maximum Gasteiger partial charge on any atom is 0.255 e. The lowest BCUT2D eigenvalue weighted by molar-refractivity contribution is -0.136. The predicted octanol–water partition coefficient (Wildman–Crippen LogP) is 2.90. The molecule has 3 aliphatic heterocycles. The monoisotopic (exact) mass is 535 g/mol. The van der Waals surface area contributed by atoms with Crippen LogP contribution in [0.5, 0.6) is 5.75 Å². The van der Waals surface area contributed by atoms with Crippen molar-refractivity contribution in [3.63, 3.8) is 0 Å². The number of piperidine rings is 2. The van der Waals surface area contributed by atoms with Crippen molar-refractivity contribution in [3.05, 3.63) is 64.7 Å². The standard InChI is InChI=1S/C30H37N3O6/c1-37-15-16-38-19-23-11-13-32(14-12-23)17-21-5-7-22(8-6-21)20-39-27-4-2-3-24-25(27)18-33(30(24)36)26-9-10-28(34)31-29(26)35/h2-8,23,26H,9-20H2,1H3,(H,31,34,35)/t26-/m0/s1. The average molecular weight is 536 g/mol. The van der Waals surface area contributed by atoms with Gasteiger partial charge in [-0.1, -0.05) is 30.3 Å². The van der Waals surface area contributed by atoms with Gasteiger partial charge < -0.3 is 19.1 Å². The third kappa shape index (κ3) is 6.66. The molecule has 9 heteroatoms. The first-order valence-corrected chi connectivity index (χ1v) is 13.8. The number of rotatable bonds is 11. The van der Waals surface area contributed by atoms with Crippen molar-refractivity contribution in [2.75, 3.05) is 40.0 Å². The smallest absolute Gasteiger partial charge is 0.255 e. The predicted molar refractivity (Wildman–Crippen MR) is 144 cm³/mol. The second-order valence-electron chi connectivity index (χ2n) is 10.6. The summed E-state index contributed by atoms with van der Waals surface area (Å²) in [5, 5.41) is 2.34. The minimum absolute atomic E-state index is 0.197. The Morgan fingerprint density at radius 2 is 1.72 bits per heavy atom. The fraction of sp³-hybridized carbons (Fsp3) is 0.500. The molecule has 0 unspecified atom stereocenters. The number of ether oxygens (including phenoxy) is 3. The molecular weight excluding hydrogens is 498 g/mol. The fourth-order valence-electron chi connectivity index (χ4n) is 5.56. The van der Waals surface area contributed by atoms with E-state index in [1.165, 1.54) is 5.56 Å². The Morgan fingerprint density at radius 3 is 2.46 bits per heavy atom.